The molecule has 8 atom stereocenters. The fourth-order valence-corrected chi connectivity index (χ4v) is 7.41. The number of aryl methyl sites for hydroxylation is 2. The van der Waals surface area contributed by atoms with Gasteiger partial charge in [-0.25, -0.2) is 14.6 Å². The molecule has 0 saturated carbocycles. The van der Waals surface area contributed by atoms with Crippen molar-refractivity contribution in [3.8, 4) is 22.6 Å². The molecule has 314 valence electrons. The van der Waals surface area contributed by atoms with E-state index >= 15 is 0 Å². The number of benzene rings is 3. The van der Waals surface area contributed by atoms with E-state index in [2.05, 4.69) is 10.3 Å². The first-order valence-electron chi connectivity index (χ1n) is 18.8. The summed E-state index contributed by atoms with van der Waals surface area (Å²) < 4.78 is 23.1. The number of carbonyl (C=O) groups is 3. The molecular weight excluding hydrogens is 786 g/mol. The second-order valence-corrected chi connectivity index (χ2v) is 14.6. The Bertz CT molecular complexity index is 2440. The van der Waals surface area contributed by atoms with E-state index in [0.717, 1.165) is 22.3 Å². The molecule has 0 radical (unpaired) electrons. The molecule has 0 amide bonds. The standard InChI is InChI=1S/C42H41N3O15/c1-21-14-22(2)16-25(15-21)33-31-24(10-12-44-31)18-45(33)60-37-41(57-27-8-9-28-30(17-27)56-19-29(34(28)49)23-4-6-26(48)7-5-23)58-35(36(50)42(37,55)20-47)40(54)59-39(53)32(38(51)52)43-11-3-13-46/h4-10,12-17,19,32,35-37,40-41,43,47-48,50,54-55H,3,11,18,20H2,1-2H3,(H,51,52)/p+1/t32-,35-,36+,37-,40+,41+,42-/m1/s1. The van der Waals surface area contributed by atoms with Gasteiger partial charge in [-0.15, -0.1) is 0 Å². The van der Waals surface area contributed by atoms with Crippen molar-refractivity contribution in [3.05, 3.63) is 111 Å². The van der Waals surface area contributed by atoms with Gasteiger partial charge in [-0.3, -0.25) is 10.1 Å². The number of aromatic hydroxyl groups is 1. The largest absolute Gasteiger partial charge is 0.508 e. The first kappa shape index (κ1) is 42.0. The molecule has 1 fully saturated rings. The number of aliphatic hydroxyl groups is 4. The molecule has 3 aliphatic rings. The Labute approximate surface area is 340 Å². The van der Waals surface area contributed by atoms with Crippen LogP contribution in [0, 0.1) is 13.8 Å². The van der Waals surface area contributed by atoms with E-state index in [0.29, 0.717) is 23.2 Å². The van der Waals surface area contributed by atoms with E-state index in [1.807, 2.05) is 32.0 Å². The number of nitrogens with zero attached hydrogens (tertiary/aromatic N) is 1. The van der Waals surface area contributed by atoms with Crippen molar-refractivity contribution in [2.24, 2.45) is 4.99 Å². The number of nitrogens with one attached hydrogen (secondary N) is 2. The number of ether oxygens (including phenoxy) is 3. The molecule has 1 aromatic heterocycles. The molecule has 7 rings (SSSR count). The quantitative estimate of drug-likeness (QED) is 0.0259. The predicted molar refractivity (Wildman–Crippen MR) is 209 cm³/mol. The van der Waals surface area contributed by atoms with Gasteiger partial charge in [-0.2, -0.15) is 9.90 Å². The van der Waals surface area contributed by atoms with Gasteiger partial charge in [0.05, 0.1) is 17.6 Å². The zero-order valence-corrected chi connectivity index (χ0v) is 32.2. The summed E-state index contributed by atoms with van der Waals surface area (Å²) in [5, 5.41) is 67.8. The molecule has 1 saturated heterocycles. The zero-order valence-electron chi connectivity index (χ0n) is 32.2. The summed E-state index contributed by atoms with van der Waals surface area (Å²) in [6.45, 7) is 2.56. The molecule has 3 aromatic carbocycles. The predicted octanol–water partition coefficient (Wildman–Crippen LogP) is 0.0421. The van der Waals surface area contributed by atoms with E-state index in [1.165, 1.54) is 36.6 Å². The van der Waals surface area contributed by atoms with Crippen LogP contribution < -0.4 is 20.5 Å². The molecule has 18 nitrogen and oxygen atoms in total. The SMILES string of the molecule is Cc1cc(C)cc(C2=C3N=CC=C3C[NH+]2O[C@@H]2[C@@H](Oc3ccc4c(=O)c(-c5ccc(O)cc5)coc4c3)O[C@@H]([C@@H](O)OC(=O)[C@H](NCCC=O)C(=O)O)[C@H](O)[C@]2(O)CO)c1. The number of quaternary nitrogens is 1. The fourth-order valence-electron chi connectivity index (χ4n) is 7.41. The van der Waals surface area contributed by atoms with Crippen molar-refractivity contribution in [1.82, 2.24) is 5.32 Å². The zero-order chi connectivity index (χ0) is 42.9. The molecule has 1 unspecified atom stereocenters. The number of phenols is 1. The lowest BCUT2D eigenvalue weighted by Gasteiger charge is -2.48. The maximum Gasteiger partial charge on any atom is 0.337 e. The summed E-state index contributed by atoms with van der Waals surface area (Å²) in [6, 6.07) is 13.9. The van der Waals surface area contributed by atoms with Crippen molar-refractivity contribution in [1.29, 1.82) is 0 Å². The number of allylic oxidation sites excluding steroid dienone is 1. The highest BCUT2D eigenvalue weighted by molar-refractivity contribution is 5.98. The lowest BCUT2D eigenvalue weighted by molar-refractivity contribution is -1.04. The van der Waals surface area contributed by atoms with E-state index in [4.69, 9.17) is 23.5 Å². The minimum atomic E-state index is -2.74. The first-order chi connectivity index (χ1) is 28.7. The number of hydroxylamine groups is 2. The van der Waals surface area contributed by atoms with Gasteiger partial charge < -0.3 is 54.1 Å². The van der Waals surface area contributed by atoms with Crippen molar-refractivity contribution >= 4 is 41.1 Å². The highest BCUT2D eigenvalue weighted by atomic mass is 16.8. The smallest absolute Gasteiger partial charge is 0.337 e. The van der Waals surface area contributed by atoms with Gasteiger partial charge in [0.15, 0.2) is 22.8 Å². The number of hydrogen-bond acceptors (Lipinski definition) is 16. The van der Waals surface area contributed by atoms with E-state index in [-0.39, 0.29) is 52.6 Å². The van der Waals surface area contributed by atoms with Crippen LogP contribution in [0.15, 0.2) is 98.5 Å². The fraction of sp³-hybridized carbons (Fsp3) is 0.310. The summed E-state index contributed by atoms with van der Waals surface area (Å²) in [7, 11) is 0. The molecule has 18 heteroatoms. The number of aldehydes is 1. The number of carbonyl (C=O) groups excluding carboxylic acids is 2. The Hall–Kier alpha value is -6.09. The van der Waals surface area contributed by atoms with Crippen LogP contribution in [-0.2, 0) is 28.7 Å². The van der Waals surface area contributed by atoms with Gasteiger partial charge in [0.25, 0.3) is 0 Å². The number of esters is 1. The average molecular weight is 829 g/mol. The summed E-state index contributed by atoms with van der Waals surface area (Å²) >= 11 is 0. The van der Waals surface area contributed by atoms with Crippen LogP contribution >= 0.6 is 0 Å². The molecule has 4 heterocycles. The topological polar surface area (TPSA) is 269 Å². The van der Waals surface area contributed by atoms with Gasteiger partial charge in [0.2, 0.25) is 24.7 Å². The Morgan fingerprint density at radius 3 is 2.50 bits per heavy atom. The number of rotatable bonds is 15. The third-order valence-electron chi connectivity index (χ3n) is 10.3. The summed E-state index contributed by atoms with van der Waals surface area (Å²) in [5.41, 5.74) is 2.17. The summed E-state index contributed by atoms with van der Waals surface area (Å²) in [5.74, 6) is -3.25. The van der Waals surface area contributed by atoms with Crippen LogP contribution in [0.1, 0.15) is 23.1 Å². The lowest BCUT2D eigenvalue weighted by Crippen LogP contribution is -3.09. The van der Waals surface area contributed by atoms with E-state index in [9.17, 15) is 49.8 Å². The summed E-state index contributed by atoms with van der Waals surface area (Å²) in [4.78, 5) is 60.1. The highest BCUT2D eigenvalue weighted by Gasteiger charge is 2.62. The third-order valence-corrected chi connectivity index (χ3v) is 10.3. The second-order valence-electron chi connectivity index (χ2n) is 14.6. The number of aliphatic carboxylic acids is 1. The van der Waals surface area contributed by atoms with Crippen molar-refractivity contribution in [3.63, 3.8) is 0 Å². The Balaban J connectivity index is 1.25. The number of phenolic OH excluding ortho intramolecular Hbond substituents is 1. The van der Waals surface area contributed by atoms with E-state index in [1.54, 1.807) is 24.4 Å². The van der Waals surface area contributed by atoms with Crippen LogP contribution in [0.5, 0.6) is 11.5 Å². The Kier molecular flexibility index (Phi) is 12.1. The number of hydrogen-bond donors (Lipinski definition) is 8. The van der Waals surface area contributed by atoms with Crippen molar-refractivity contribution in [2.45, 2.75) is 62.8 Å². The number of carboxylic acid groups (broad SMARTS) is 1. The second kappa shape index (κ2) is 17.3. The first-order valence-corrected chi connectivity index (χ1v) is 18.8. The monoisotopic (exact) mass is 828 g/mol. The maximum absolute atomic E-state index is 13.5. The molecular formula is C42H42N3O15+. The lowest BCUT2D eigenvalue weighted by atomic mass is 9.84. The molecule has 3 aliphatic heterocycles. The van der Waals surface area contributed by atoms with Crippen molar-refractivity contribution < 1.29 is 73.6 Å². The average Bonchev–Trinajstić information content (AvgIpc) is 3.80. The minimum Gasteiger partial charge on any atom is -0.508 e. The molecule has 8 N–H and O–H groups in total. The third kappa shape index (κ3) is 8.22. The Morgan fingerprint density at radius 1 is 1.08 bits per heavy atom. The van der Waals surface area contributed by atoms with Crippen LogP contribution in [0.4, 0.5) is 0 Å². The maximum atomic E-state index is 13.5. The van der Waals surface area contributed by atoms with Gasteiger partial charge in [0.1, 0.15) is 48.0 Å². The normalized spacial score (nSPS) is 24.5. The van der Waals surface area contributed by atoms with Gasteiger partial charge in [-0.1, -0.05) is 29.3 Å². The number of aliphatic hydroxyl groups excluding tert-OH is 3. The van der Waals surface area contributed by atoms with Crippen molar-refractivity contribution in [2.75, 3.05) is 19.7 Å². The summed E-state index contributed by atoms with van der Waals surface area (Å²) in [6.07, 6.45) is -5.46. The van der Waals surface area contributed by atoms with Gasteiger partial charge in [-0.05, 0) is 61.9 Å². The molecule has 0 aliphatic carbocycles. The molecule has 0 bridgehead atoms. The Morgan fingerprint density at radius 2 is 1.82 bits per heavy atom. The molecule has 60 heavy (non-hydrogen) atoms. The van der Waals surface area contributed by atoms with Crippen LogP contribution in [0.3, 0.4) is 0 Å². The van der Waals surface area contributed by atoms with Gasteiger partial charge >= 0.3 is 11.9 Å². The number of carboxylic acids is 1. The van der Waals surface area contributed by atoms with Gasteiger partial charge in [0, 0.05) is 36.4 Å². The number of fused-ring (bicyclic) bond motifs is 2. The van der Waals surface area contributed by atoms with Crippen LogP contribution in [0.25, 0.3) is 27.8 Å². The van der Waals surface area contributed by atoms with Crippen LogP contribution in [0.2, 0.25) is 0 Å². The number of aliphatic imine (C=N–C) groups is 1. The highest BCUT2D eigenvalue weighted by Crippen LogP contribution is 2.37. The van der Waals surface area contributed by atoms with Crippen LogP contribution in [-0.4, -0.2) is 117 Å². The molecule has 4 aromatic rings. The minimum absolute atomic E-state index is 0.0110. The molecule has 0 spiro atoms. The van der Waals surface area contributed by atoms with E-state index < -0.39 is 66.5 Å².